The van der Waals surface area contributed by atoms with E-state index in [-0.39, 0.29) is 0 Å². The number of hydrogen-bond acceptors (Lipinski definition) is 4. The third-order valence-corrected chi connectivity index (χ3v) is 5.57. The van der Waals surface area contributed by atoms with Gasteiger partial charge in [0.2, 0.25) is 0 Å². The van der Waals surface area contributed by atoms with Gasteiger partial charge in [-0.15, -0.1) is 11.3 Å². The van der Waals surface area contributed by atoms with Gasteiger partial charge < -0.3 is 10.6 Å². The van der Waals surface area contributed by atoms with Crippen molar-refractivity contribution in [1.82, 2.24) is 9.38 Å². The summed E-state index contributed by atoms with van der Waals surface area (Å²) in [5.74, 6) is 2.04. The number of nitrogens with zero attached hydrogens (tertiary/aromatic N) is 3. The minimum absolute atomic E-state index is 0.571. The number of imidazole rings is 1. The molecule has 4 nitrogen and oxygen atoms in total. The summed E-state index contributed by atoms with van der Waals surface area (Å²) >= 11 is 1.70. The summed E-state index contributed by atoms with van der Waals surface area (Å²) in [5, 5.41) is 2.08. The Balaban J connectivity index is 1.75. The predicted octanol–water partition coefficient (Wildman–Crippen LogP) is 2.62. The Hall–Kier alpha value is -1.07. The van der Waals surface area contributed by atoms with Crippen LogP contribution in [0.5, 0.6) is 0 Å². The SMILES string of the molecule is NCc1c(N2CCC3CCCCC32)nc2sccn12. The van der Waals surface area contributed by atoms with Gasteiger partial charge in [-0.25, -0.2) is 4.98 Å². The van der Waals surface area contributed by atoms with E-state index >= 15 is 0 Å². The molecule has 1 saturated heterocycles. The maximum Gasteiger partial charge on any atom is 0.195 e. The Labute approximate surface area is 117 Å². The second-order valence-electron chi connectivity index (χ2n) is 5.74. The molecule has 1 saturated carbocycles. The summed E-state index contributed by atoms with van der Waals surface area (Å²) in [7, 11) is 0. The maximum absolute atomic E-state index is 5.97. The van der Waals surface area contributed by atoms with Gasteiger partial charge in [0.25, 0.3) is 0 Å². The average molecular weight is 276 g/mol. The number of nitrogens with two attached hydrogens (primary N) is 1. The van der Waals surface area contributed by atoms with Crippen LogP contribution in [0.2, 0.25) is 0 Å². The molecule has 0 radical (unpaired) electrons. The van der Waals surface area contributed by atoms with Gasteiger partial charge in [0, 0.05) is 30.7 Å². The first kappa shape index (κ1) is 11.7. The van der Waals surface area contributed by atoms with Crippen molar-refractivity contribution in [2.45, 2.75) is 44.7 Å². The quantitative estimate of drug-likeness (QED) is 0.917. The number of anilines is 1. The Morgan fingerprint density at radius 3 is 3.11 bits per heavy atom. The van der Waals surface area contributed by atoms with Crippen LogP contribution in [-0.2, 0) is 6.54 Å². The highest BCUT2D eigenvalue weighted by Crippen LogP contribution is 2.39. The van der Waals surface area contributed by atoms with Gasteiger partial charge in [-0.2, -0.15) is 0 Å². The van der Waals surface area contributed by atoms with Gasteiger partial charge in [-0.05, 0) is 25.2 Å². The smallest absolute Gasteiger partial charge is 0.195 e. The molecule has 2 fully saturated rings. The molecule has 2 aromatic rings. The third kappa shape index (κ3) is 1.71. The Kier molecular flexibility index (Phi) is 2.77. The van der Waals surface area contributed by atoms with Gasteiger partial charge in [0.05, 0.1) is 5.69 Å². The summed E-state index contributed by atoms with van der Waals surface area (Å²) < 4.78 is 2.16. The van der Waals surface area contributed by atoms with Crippen LogP contribution >= 0.6 is 11.3 Å². The summed E-state index contributed by atoms with van der Waals surface area (Å²) in [5.41, 5.74) is 7.16. The lowest BCUT2D eigenvalue weighted by molar-refractivity contribution is 0.341. The fourth-order valence-corrected chi connectivity index (χ4v) is 4.64. The van der Waals surface area contributed by atoms with Crippen molar-refractivity contribution in [3.63, 3.8) is 0 Å². The highest BCUT2D eigenvalue weighted by molar-refractivity contribution is 7.15. The van der Waals surface area contributed by atoms with Crippen LogP contribution in [0.3, 0.4) is 0 Å². The Morgan fingerprint density at radius 2 is 2.21 bits per heavy atom. The number of aromatic nitrogens is 2. The second-order valence-corrected chi connectivity index (χ2v) is 6.61. The first-order chi connectivity index (χ1) is 9.38. The zero-order valence-electron chi connectivity index (χ0n) is 11.1. The topological polar surface area (TPSA) is 46.6 Å². The normalized spacial score (nSPS) is 27.1. The lowest BCUT2D eigenvalue weighted by atomic mass is 9.85. The van der Waals surface area contributed by atoms with E-state index in [1.54, 1.807) is 11.3 Å². The molecule has 2 N–H and O–H groups in total. The zero-order chi connectivity index (χ0) is 12.8. The third-order valence-electron chi connectivity index (χ3n) is 4.82. The van der Waals surface area contributed by atoms with E-state index in [0.717, 1.165) is 23.2 Å². The van der Waals surface area contributed by atoms with Crippen LogP contribution in [0.15, 0.2) is 11.6 Å². The molecule has 3 heterocycles. The second kappa shape index (κ2) is 4.49. The van der Waals surface area contributed by atoms with Crippen molar-refractivity contribution in [3.8, 4) is 0 Å². The molecule has 2 aliphatic rings. The van der Waals surface area contributed by atoms with Crippen molar-refractivity contribution in [2.75, 3.05) is 11.4 Å². The molecule has 0 aromatic carbocycles. The summed E-state index contributed by atoms with van der Waals surface area (Å²) in [4.78, 5) is 8.47. The zero-order valence-corrected chi connectivity index (χ0v) is 11.9. The van der Waals surface area contributed by atoms with Gasteiger partial charge in [-0.1, -0.05) is 12.8 Å². The number of thiazole rings is 1. The van der Waals surface area contributed by atoms with Crippen LogP contribution in [0.1, 0.15) is 37.8 Å². The molecule has 102 valence electrons. The Morgan fingerprint density at radius 1 is 1.32 bits per heavy atom. The van der Waals surface area contributed by atoms with Crippen LogP contribution in [0.4, 0.5) is 5.82 Å². The molecular formula is C14H20N4S. The van der Waals surface area contributed by atoms with E-state index in [2.05, 4.69) is 20.9 Å². The standard InChI is InChI=1S/C14H20N4S/c15-9-12-13(16-14-18(12)7-8-19-14)17-6-5-10-3-1-2-4-11(10)17/h7-8,10-11H,1-6,9,15H2. The predicted molar refractivity (Wildman–Crippen MR) is 78.7 cm³/mol. The van der Waals surface area contributed by atoms with Crippen LogP contribution in [0, 0.1) is 5.92 Å². The highest BCUT2D eigenvalue weighted by Gasteiger charge is 2.37. The lowest BCUT2D eigenvalue weighted by Gasteiger charge is -2.32. The minimum atomic E-state index is 0.571. The first-order valence-electron chi connectivity index (χ1n) is 7.29. The highest BCUT2D eigenvalue weighted by atomic mass is 32.1. The summed E-state index contributed by atoms with van der Waals surface area (Å²) in [6, 6.07) is 0.712. The molecule has 5 heteroatoms. The van der Waals surface area contributed by atoms with Crippen molar-refractivity contribution in [3.05, 3.63) is 17.3 Å². The first-order valence-corrected chi connectivity index (χ1v) is 8.17. The fraction of sp³-hybridized carbons (Fsp3) is 0.643. The van der Waals surface area contributed by atoms with E-state index < -0.39 is 0 Å². The molecule has 0 bridgehead atoms. The Bertz CT molecular complexity index is 587. The average Bonchev–Trinajstić information content (AvgIpc) is 3.11. The molecule has 2 atom stereocenters. The number of fused-ring (bicyclic) bond motifs is 2. The molecule has 19 heavy (non-hydrogen) atoms. The number of hydrogen-bond donors (Lipinski definition) is 1. The molecular weight excluding hydrogens is 256 g/mol. The summed E-state index contributed by atoms with van der Waals surface area (Å²) in [6.07, 6.45) is 8.95. The van der Waals surface area contributed by atoms with Crippen molar-refractivity contribution in [2.24, 2.45) is 11.7 Å². The van der Waals surface area contributed by atoms with Crippen molar-refractivity contribution in [1.29, 1.82) is 0 Å². The lowest BCUT2D eigenvalue weighted by Crippen LogP contribution is -2.35. The van der Waals surface area contributed by atoms with Crippen molar-refractivity contribution < 1.29 is 0 Å². The minimum Gasteiger partial charge on any atom is -0.352 e. The van der Waals surface area contributed by atoms with Gasteiger partial charge >= 0.3 is 0 Å². The van der Waals surface area contributed by atoms with Gasteiger partial charge in [0.15, 0.2) is 10.8 Å². The molecule has 1 aliphatic carbocycles. The monoisotopic (exact) mass is 276 g/mol. The van der Waals surface area contributed by atoms with Crippen LogP contribution < -0.4 is 10.6 Å². The molecule has 0 spiro atoms. The van der Waals surface area contributed by atoms with E-state index in [9.17, 15) is 0 Å². The molecule has 2 unspecified atom stereocenters. The van der Waals surface area contributed by atoms with Crippen LogP contribution in [-0.4, -0.2) is 22.0 Å². The molecule has 0 amide bonds. The van der Waals surface area contributed by atoms with Crippen molar-refractivity contribution >= 4 is 22.1 Å². The molecule has 1 aliphatic heterocycles. The molecule has 2 aromatic heterocycles. The number of rotatable bonds is 2. The van der Waals surface area contributed by atoms with Gasteiger partial charge in [-0.3, -0.25) is 4.40 Å². The maximum atomic E-state index is 5.97. The van der Waals surface area contributed by atoms with E-state index in [1.165, 1.54) is 37.8 Å². The van der Waals surface area contributed by atoms with Crippen LogP contribution in [0.25, 0.3) is 4.96 Å². The van der Waals surface area contributed by atoms with E-state index in [4.69, 9.17) is 10.7 Å². The van der Waals surface area contributed by atoms with E-state index in [0.29, 0.717) is 12.6 Å². The molecule has 4 rings (SSSR count). The van der Waals surface area contributed by atoms with Gasteiger partial charge in [0.1, 0.15) is 0 Å². The van der Waals surface area contributed by atoms with E-state index in [1.807, 2.05) is 0 Å². The fourth-order valence-electron chi connectivity index (χ4n) is 3.91. The largest absolute Gasteiger partial charge is 0.352 e. The summed E-state index contributed by atoms with van der Waals surface area (Å²) in [6.45, 7) is 1.73.